The fourth-order valence-electron chi connectivity index (χ4n) is 2.61. The first kappa shape index (κ1) is 11.3. The van der Waals surface area contributed by atoms with Gasteiger partial charge in [0.1, 0.15) is 6.10 Å². The fraction of sp³-hybridized carbons (Fsp3) is 0.286. The number of hydrogen-bond donors (Lipinski definition) is 1. The second-order valence-electron chi connectivity index (χ2n) is 4.74. The summed E-state index contributed by atoms with van der Waals surface area (Å²) in [7, 11) is 3.93. The number of rotatable bonds is 1. The maximum atomic E-state index is 10.5. The van der Waals surface area contributed by atoms with Gasteiger partial charge in [-0.05, 0) is 26.2 Å². The van der Waals surface area contributed by atoms with Crippen molar-refractivity contribution in [3.8, 4) is 11.4 Å². The van der Waals surface area contributed by atoms with Gasteiger partial charge in [0.15, 0.2) is 0 Å². The first-order valence-electron chi connectivity index (χ1n) is 5.95. The highest BCUT2D eigenvalue weighted by atomic mass is 16.3. The Morgan fingerprint density at radius 1 is 1.00 bits per heavy atom. The average molecular weight is 241 g/mol. The zero-order chi connectivity index (χ0) is 12.7. The van der Waals surface area contributed by atoms with E-state index < -0.39 is 6.10 Å². The van der Waals surface area contributed by atoms with Crippen LogP contribution in [0.5, 0.6) is 0 Å². The molecule has 2 aromatic heterocycles. The average Bonchev–Trinajstić information content (AvgIpc) is 2.39. The van der Waals surface area contributed by atoms with Crippen molar-refractivity contribution in [1.29, 1.82) is 0 Å². The van der Waals surface area contributed by atoms with E-state index in [1.165, 1.54) is 0 Å². The number of aromatic nitrogens is 2. The molecular weight excluding hydrogens is 226 g/mol. The van der Waals surface area contributed by atoms with Crippen LogP contribution in [0, 0.1) is 0 Å². The van der Waals surface area contributed by atoms with Crippen LogP contribution in [0.15, 0.2) is 36.7 Å². The number of pyridine rings is 2. The van der Waals surface area contributed by atoms with Crippen molar-refractivity contribution in [2.24, 2.45) is 0 Å². The molecule has 0 radical (unpaired) electrons. The Kier molecular flexibility index (Phi) is 2.61. The van der Waals surface area contributed by atoms with E-state index in [1.807, 2.05) is 43.3 Å². The minimum absolute atomic E-state index is 0.0783. The maximum Gasteiger partial charge on any atom is 0.101 e. The van der Waals surface area contributed by atoms with Crippen LogP contribution in [0.4, 0.5) is 0 Å². The van der Waals surface area contributed by atoms with E-state index in [1.54, 1.807) is 12.4 Å². The summed E-state index contributed by atoms with van der Waals surface area (Å²) < 4.78 is 0. The quantitative estimate of drug-likeness (QED) is 0.827. The van der Waals surface area contributed by atoms with Gasteiger partial charge in [-0.15, -0.1) is 0 Å². The summed E-state index contributed by atoms with van der Waals surface area (Å²) in [5.41, 5.74) is 3.54. The molecule has 0 amide bonds. The number of aliphatic hydroxyl groups is 1. The SMILES string of the molecule is CN(C)[C@@H]1c2cccnc2-c2ncccc2[C@H]1O. The Morgan fingerprint density at radius 2 is 1.56 bits per heavy atom. The molecule has 2 heterocycles. The monoisotopic (exact) mass is 241 g/mol. The highest BCUT2D eigenvalue weighted by Gasteiger charge is 2.34. The van der Waals surface area contributed by atoms with Crippen molar-refractivity contribution in [2.45, 2.75) is 12.1 Å². The van der Waals surface area contributed by atoms with E-state index >= 15 is 0 Å². The molecule has 92 valence electrons. The number of nitrogens with zero attached hydrogens (tertiary/aromatic N) is 3. The minimum Gasteiger partial charge on any atom is -0.386 e. The number of aliphatic hydroxyl groups excluding tert-OH is 1. The van der Waals surface area contributed by atoms with E-state index in [-0.39, 0.29) is 6.04 Å². The topological polar surface area (TPSA) is 49.2 Å². The van der Waals surface area contributed by atoms with E-state index in [0.29, 0.717) is 0 Å². The van der Waals surface area contributed by atoms with Crippen molar-refractivity contribution in [1.82, 2.24) is 14.9 Å². The number of hydrogen-bond acceptors (Lipinski definition) is 4. The molecule has 4 heteroatoms. The molecule has 0 aliphatic heterocycles. The molecule has 1 aliphatic carbocycles. The predicted molar refractivity (Wildman–Crippen MR) is 68.9 cm³/mol. The Balaban J connectivity index is 2.28. The second-order valence-corrected chi connectivity index (χ2v) is 4.74. The molecule has 0 bridgehead atoms. The molecule has 0 unspecified atom stereocenters. The minimum atomic E-state index is -0.569. The van der Waals surface area contributed by atoms with Crippen LogP contribution in [0.25, 0.3) is 11.4 Å². The third kappa shape index (κ3) is 1.54. The third-order valence-electron chi connectivity index (χ3n) is 3.39. The van der Waals surface area contributed by atoms with Crippen LogP contribution in [-0.4, -0.2) is 34.1 Å². The lowest BCUT2D eigenvalue weighted by Gasteiger charge is -2.35. The van der Waals surface area contributed by atoms with Crippen molar-refractivity contribution in [3.63, 3.8) is 0 Å². The molecular formula is C14H15N3O. The maximum absolute atomic E-state index is 10.5. The van der Waals surface area contributed by atoms with Crippen molar-refractivity contribution in [2.75, 3.05) is 14.1 Å². The molecule has 18 heavy (non-hydrogen) atoms. The van der Waals surface area contributed by atoms with Crippen LogP contribution < -0.4 is 0 Å². The molecule has 0 saturated heterocycles. The zero-order valence-corrected chi connectivity index (χ0v) is 10.4. The van der Waals surface area contributed by atoms with Gasteiger partial charge >= 0.3 is 0 Å². The molecule has 0 spiro atoms. The summed E-state index contributed by atoms with van der Waals surface area (Å²) in [6, 6.07) is 7.60. The van der Waals surface area contributed by atoms with Gasteiger partial charge in [-0.25, -0.2) is 0 Å². The molecule has 2 aromatic rings. The smallest absolute Gasteiger partial charge is 0.101 e. The third-order valence-corrected chi connectivity index (χ3v) is 3.39. The summed E-state index contributed by atoms with van der Waals surface area (Å²) in [5.74, 6) is 0. The largest absolute Gasteiger partial charge is 0.386 e. The lowest BCUT2D eigenvalue weighted by molar-refractivity contribution is 0.0733. The zero-order valence-electron chi connectivity index (χ0n) is 10.4. The van der Waals surface area contributed by atoms with Gasteiger partial charge in [0.25, 0.3) is 0 Å². The van der Waals surface area contributed by atoms with E-state index in [4.69, 9.17) is 0 Å². The van der Waals surface area contributed by atoms with Gasteiger partial charge in [-0.1, -0.05) is 12.1 Å². The van der Waals surface area contributed by atoms with Gasteiger partial charge in [-0.2, -0.15) is 0 Å². The predicted octanol–water partition coefficient (Wildman–Crippen LogP) is 1.79. The van der Waals surface area contributed by atoms with E-state index in [0.717, 1.165) is 22.5 Å². The summed E-state index contributed by atoms with van der Waals surface area (Å²) in [6.45, 7) is 0. The van der Waals surface area contributed by atoms with Gasteiger partial charge in [-0.3, -0.25) is 14.9 Å². The van der Waals surface area contributed by atoms with Crippen molar-refractivity contribution >= 4 is 0 Å². The van der Waals surface area contributed by atoms with Crippen molar-refractivity contribution < 1.29 is 5.11 Å². The summed E-state index contributed by atoms with van der Waals surface area (Å²) >= 11 is 0. The Hall–Kier alpha value is -1.78. The molecule has 0 saturated carbocycles. The molecule has 0 fully saturated rings. The van der Waals surface area contributed by atoms with Gasteiger partial charge in [0.2, 0.25) is 0 Å². The van der Waals surface area contributed by atoms with Crippen LogP contribution in [0.2, 0.25) is 0 Å². The lowest BCUT2D eigenvalue weighted by atomic mass is 9.85. The highest BCUT2D eigenvalue weighted by molar-refractivity contribution is 5.67. The van der Waals surface area contributed by atoms with Gasteiger partial charge < -0.3 is 5.11 Å². The second kappa shape index (κ2) is 4.15. The van der Waals surface area contributed by atoms with Crippen LogP contribution in [0.1, 0.15) is 23.3 Å². The van der Waals surface area contributed by atoms with Crippen molar-refractivity contribution in [3.05, 3.63) is 47.8 Å². The lowest BCUT2D eigenvalue weighted by Crippen LogP contribution is -2.30. The summed E-state index contributed by atoms with van der Waals surface area (Å²) in [5, 5.41) is 10.5. The highest BCUT2D eigenvalue weighted by Crippen LogP contribution is 2.44. The summed E-state index contributed by atoms with van der Waals surface area (Å²) in [4.78, 5) is 10.8. The van der Waals surface area contributed by atoms with E-state index in [9.17, 15) is 5.11 Å². The Morgan fingerprint density at radius 3 is 2.17 bits per heavy atom. The first-order chi connectivity index (χ1) is 8.70. The number of likely N-dealkylation sites (N-methyl/N-ethyl adjacent to an activating group) is 1. The van der Waals surface area contributed by atoms with E-state index in [2.05, 4.69) is 9.97 Å². The Bertz CT molecular complexity index is 583. The molecule has 1 N–H and O–H groups in total. The van der Waals surface area contributed by atoms with Gasteiger partial charge in [0.05, 0.1) is 17.4 Å². The Labute approximate surface area is 106 Å². The first-order valence-corrected chi connectivity index (χ1v) is 5.95. The molecule has 2 atom stereocenters. The molecule has 0 aromatic carbocycles. The molecule has 1 aliphatic rings. The molecule has 4 nitrogen and oxygen atoms in total. The normalized spacial score (nSPS) is 21.6. The standard InChI is InChI=1S/C14H15N3O/c1-17(2)13-9-5-3-7-15-11(9)12-10(14(13)18)6-4-8-16-12/h3-8,13-14,18H,1-2H3/t13-,14-/m1/s1. The van der Waals surface area contributed by atoms with Gasteiger partial charge in [0, 0.05) is 23.5 Å². The molecule has 3 rings (SSSR count). The van der Waals surface area contributed by atoms with Crippen LogP contribution >= 0.6 is 0 Å². The summed E-state index contributed by atoms with van der Waals surface area (Å²) in [6.07, 6.45) is 2.93. The van der Waals surface area contributed by atoms with Crippen LogP contribution in [-0.2, 0) is 0 Å². The fourth-order valence-corrected chi connectivity index (χ4v) is 2.61. The van der Waals surface area contributed by atoms with Crippen LogP contribution in [0.3, 0.4) is 0 Å². The number of fused-ring (bicyclic) bond motifs is 3.